The molecule has 5 aromatic rings. The first-order valence-corrected chi connectivity index (χ1v) is 30.4. The zero-order valence-electron chi connectivity index (χ0n) is 47.4. The van der Waals surface area contributed by atoms with Crippen molar-refractivity contribution in [1.82, 2.24) is 41.0 Å². The molecule has 4 unspecified atom stereocenters. The van der Waals surface area contributed by atoms with Crippen molar-refractivity contribution in [3.63, 3.8) is 0 Å². The molecule has 4 heterocycles. The van der Waals surface area contributed by atoms with Crippen LogP contribution in [0.4, 0.5) is 0 Å². The molecule has 7 amide bonds. The van der Waals surface area contributed by atoms with Crippen molar-refractivity contribution in [3.8, 4) is 16.2 Å². The van der Waals surface area contributed by atoms with E-state index >= 15 is 0 Å². The second kappa shape index (κ2) is 27.1. The normalized spacial score (nSPS) is 17.9. The van der Waals surface area contributed by atoms with E-state index in [1.807, 2.05) is 58.9 Å². The number of aliphatic hydroxyl groups is 1. The lowest BCUT2D eigenvalue weighted by atomic mass is 9.85. The van der Waals surface area contributed by atoms with Gasteiger partial charge in [0.1, 0.15) is 42.2 Å². The Kier molecular flexibility index (Phi) is 20.8. The fraction of sp³-hybridized carbons (Fsp3) is 0.466. The minimum atomic E-state index is -5.06. The summed E-state index contributed by atoms with van der Waals surface area (Å²) >= 11 is 8.43. The zero-order chi connectivity index (χ0) is 60.7. The Labute approximate surface area is 490 Å². The van der Waals surface area contributed by atoms with Crippen LogP contribution in [0.1, 0.15) is 130 Å². The van der Waals surface area contributed by atoms with Crippen molar-refractivity contribution in [2.24, 2.45) is 17.1 Å². The summed E-state index contributed by atoms with van der Waals surface area (Å²) in [6.45, 7) is 12.7. The van der Waals surface area contributed by atoms with Gasteiger partial charge >= 0.3 is 7.60 Å². The lowest BCUT2D eigenvalue weighted by molar-refractivity contribution is -0.144. The van der Waals surface area contributed by atoms with Crippen LogP contribution in [0.25, 0.3) is 21.3 Å². The number of thiazole rings is 1. The molecule has 446 valence electrons. The number of carbonyl (C=O) groups is 8. The van der Waals surface area contributed by atoms with Crippen LogP contribution in [-0.4, -0.2) is 138 Å². The third kappa shape index (κ3) is 16.0. The smallest absolute Gasteiger partial charge is 0.396 e. The maximum atomic E-state index is 14.3. The number of fused-ring (bicyclic) bond motifs is 1. The molecule has 0 bridgehead atoms. The number of halogens is 1. The molecule has 2 saturated heterocycles. The number of aromatic nitrogens is 2. The second-order valence-electron chi connectivity index (χ2n) is 22.7. The summed E-state index contributed by atoms with van der Waals surface area (Å²) < 4.78 is 17.7. The molecule has 2 aliphatic heterocycles. The van der Waals surface area contributed by atoms with E-state index in [0.29, 0.717) is 42.1 Å². The summed E-state index contributed by atoms with van der Waals surface area (Å²) in [5.41, 5.74) is 8.81. The highest BCUT2D eigenvalue weighted by molar-refractivity contribution is 7.70. The molecule has 10 N–H and O–H groups in total. The molecule has 83 heavy (non-hydrogen) atoms. The summed E-state index contributed by atoms with van der Waals surface area (Å²) in [7, 11) is -5.06. The number of primary amides is 1. The van der Waals surface area contributed by atoms with E-state index in [9.17, 15) is 57.8 Å². The monoisotopic (exact) mass is 1200 g/mol. The van der Waals surface area contributed by atoms with Crippen LogP contribution in [0, 0.1) is 18.3 Å². The fourth-order valence-electron chi connectivity index (χ4n) is 10.3. The SMILES string of the molecule is Cc1ncsc1-c1ccc(C(C)NC(=O)[C@@H]2C[C@@H](O)CN2C(=O)C(NC(=O)CCCc2cccc(OCC(CCC(N)=O)NC(=O)[C@@H]3CCCN3C(=O)C(NC(=O)c3cc4cc(C(=O)P(=O)(O)O)ccc4[nH]3)C(C)C)c2Cl)C(C)(C)C)cc1. The van der Waals surface area contributed by atoms with E-state index in [2.05, 4.69) is 31.2 Å². The number of rotatable bonds is 24. The number of amides is 7. The molecule has 25 heteroatoms. The van der Waals surface area contributed by atoms with Crippen LogP contribution in [0.2, 0.25) is 5.02 Å². The Morgan fingerprint density at radius 3 is 2.27 bits per heavy atom. The van der Waals surface area contributed by atoms with Crippen LogP contribution < -0.4 is 31.7 Å². The van der Waals surface area contributed by atoms with E-state index in [0.717, 1.165) is 21.7 Å². The maximum absolute atomic E-state index is 14.3. The summed E-state index contributed by atoms with van der Waals surface area (Å²) in [4.78, 5) is 137. The molecule has 22 nitrogen and oxygen atoms in total. The zero-order valence-corrected chi connectivity index (χ0v) is 49.9. The Balaban J connectivity index is 0.925. The number of nitrogens with zero attached hydrogens (tertiary/aromatic N) is 3. The molecule has 7 atom stereocenters. The Hall–Kier alpha value is -7.01. The van der Waals surface area contributed by atoms with E-state index in [4.69, 9.17) is 22.1 Å². The van der Waals surface area contributed by atoms with Crippen LogP contribution in [0.3, 0.4) is 0 Å². The van der Waals surface area contributed by atoms with Gasteiger partial charge in [0.25, 0.3) is 11.4 Å². The molecule has 2 aromatic heterocycles. The summed E-state index contributed by atoms with van der Waals surface area (Å²) in [5, 5.41) is 22.9. The number of nitrogens with two attached hydrogens (primary N) is 1. The number of aromatic amines is 1. The second-order valence-corrected chi connectivity index (χ2v) is 25.4. The van der Waals surface area contributed by atoms with Crippen LogP contribution in [0.5, 0.6) is 5.75 Å². The predicted molar refractivity (Wildman–Crippen MR) is 312 cm³/mol. The number of hydrogen-bond donors (Lipinski definition) is 9. The highest BCUT2D eigenvalue weighted by atomic mass is 35.5. The third-order valence-corrected chi connectivity index (χ3v) is 17.1. The van der Waals surface area contributed by atoms with Gasteiger partial charge in [0.2, 0.25) is 35.4 Å². The molecule has 0 spiro atoms. The number of nitrogens with one attached hydrogen (secondary N) is 5. The number of likely N-dealkylation sites (tertiary alicyclic amines) is 2. The first-order valence-electron chi connectivity index (χ1n) is 27.5. The molecule has 0 saturated carbocycles. The largest absolute Gasteiger partial charge is 0.490 e. The van der Waals surface area contributed by atoms with Gasteiger partial charge in [0.15, 0.2) is 0 Å². The number of aliphatic hydroxyl groups excluding tert-OH is 1. The molecule has 7 rings (SSSR count). The number of ether oxygens (including phenoxy) is 1. The summed E-state index contributed by atoms with van der Waals surface area (Å²) in [6.07, 6.45) is 0.551. The Bertz CT molecular complexity index is 3280. The first-order chi connectivity index (χ1) is 39.1. The van der Waals surface area contributed by atoms with E-state index < -0.39 is 108 Å². The highest BCUT2D eigenvalue weighted by Crippen LogP contribution is 2.40. The number of H-pyrrole nitrogens is 1. The average Bonchev–Trinajstić information content (AvgIpc) is 4.50. The van der Waals surface area contributed by atoms with Gasteiger partial charge in [-0.2, -0.15) is 0 Å². The quantitative estimate of drug-likeness (QED) is 0.0328. The molecule has 2 aliphatic rings. The standard InChI is InChI=1S/C58H73ClN9O13PS/c1-31(2)49(66-52(72)42-26-38-25-37(20-22-41(38)64-42)57(77)82(78,79)80)55(75)67-24-10-13-43(67)53(73)63-39(21-23-46(60)70)29-81-45-14-8-11-35(48(45)59)12-9-15-47(71)65-51(58(5,6)7)56(76)68-28-40(69)27-44(68)54(74)62-32(3)34-16-18-36(19-17-34)50-33(4)61-30-83-50/h8,11,14,16-20,22,25-26,30-32,39-40,43-44,49,51,64,69H,9-10,12-13,15,21,23-24,27-29H2,1-7H3,(H2,60,70)(H,62,74)(H,63,73)(H,65,71)(H,66,72)(H2,78,79,80)/t32?,39?,40-,43+,44+,49?,51?/m1/s1. The van der Waals surface area contributed by atoms with Gasteiger partial charge < -0.3 is 61.4 Å². The molecule has 0 aliphatic carbocycles. The van der Waals surface area contributed by atoms with Gasteiger partial charge in [-0.05, 0) is 104 Å². The third-order valence-electron chi connectivity index (χ3n) is 14.9. The van der Waals surface area contributed by atoms with Gasteiger partial charge in [-0.3, -0.25) is 42.9 Å². The lowest BCUT2D eigenvalue weighted by Gasteiger charge is -2.35. The van der Waals surface area contributed by atoms with E-state index in [1.165, 1.54) is 34.1 Å². The van der Waals surface area contributed by atoms with Gasteiger partial charge in [-0.1, -0.05) is 82.6 Å². The Morgan fingerprint density at radius 2 is 1.61 bits per heavy atom. The van der Waals surface area contributed by atoms with Crippen LogP contribution in [0.15, 0.2) is 72.2 Å². The summed E-state index contributed by atoms with van der Waals surface area (Å²) in [5.74, 6) is -3.77. The highest BCUT2D eigenvalue weighted by Gasteiger charge is 2.45. The topological polar surface area (TPSA) is 333 Å². The number of hydrogen-bond acceptors (Lipinski definition) is 13. The number of aryl methyl sites for hydroxylation is 2. The van der Waals surface area contributed by atoms with Crippen molar-refractivity contribution >= 4 is 88.3 Å². The van der Waals surface area contributed by atoms with Gasteiger partial charge in [0.05, 0.1) is 39.3 Å². The average molecular weight is 1200 g/mol. The first kappa shape index (κ1) is 63.6. The van der Waals surface area contributed by atoms with Crippen LogP contribution in [-0.2, 0) is 39.8 Å². The molecule has 2 fully saturated rings. The van der Waals surface area contributed by atoms with Crippen molar-refractivity contribution in [2.75, 3.05) is 19.7 Å². The van der Waals surface area contributed by atoms with Crippen molar-refractivity contribution in [3.05, 3.63) is 105 Å². The fourth-order valence-corrected chi connectivity index (χ4v) is 11.9. The molecular weight excluding hydrogens is 1130 g/mol. The minimum Gasteiger partial charge on any atom is -0.490 e. The maximum Gasteiger partial charge on any atom is 0.396 e. The number of β-amino-alcohol motifs (C(OH)–C–C–N with tert-alkyl or cyclic N) is 1. The van der Waals surface area contributed by atoms with E-state index in [1.54, 1.807) is 48.9 Å². The number of benzene rings is 3. The van der Waals surface area contributed by atoms with Crippen molar-refractivity contribution < 1.29 is 62.6 Å². The Morgan fingerprint density at radius 1 is 0.904 bits per heavy atom. The lowest BCUT2D eigenvalue weighted by Crippen LogP contribution is -2.57. The molecular formula is C58H73ClN9O13PS. The van der Waals surface area contributed by atoms with Crippen molar-refractivity contribution in [2.45, 2.75) is 142 Å². The van der Waals surface area contributed by atoms with Gasteiger partial charge in [0, 0.05) is 48.8 Å². The number of carbonyl (C=O) groups excluding carboxylic acids is 8. The van der Waals surface area contributed by atoms with E-state index in [-0.39, 0.29) is 67.4 Å². The van der Waals surface area contributed by atoms with Crippen molar-refractivity contribution in [1.29, 1.82) is 0 Å². The summed E-state index contributed by atoms with van der Waals surface area (Å²) in [6, 6.07) is 13.0. The molecule has 0 radical (unpaired) electrons. The minimum absolute atomic E-state index is 0.0134. The van der Waals surface area contributed by atoms with Crippen LogP contribution >= 0.6 is 30.5 Å². The molecule has 3 aromatic carbocycles. The van der Waals surface area contributed by atoms with Gasteiger partial charge in [-0.25, -0.2) is 4.98 Å². The van der Waals surface area contributed by atoms with Gasteiger partial charge in [-0.15, -0.1) is 11.3 Å². The predicted octanol–water partition coefficient (Wildman–Crippen LogP) is 5.84.